The van der Waals surface area contributed by atoms with Crippen molar-refractivity contribution in [2.45, 2.75) is 69.5 Å². The summed E-state index contributed by atoms with van der Waals surface area (Å²) < 4.78 is 29.4. The quantitative estimate of drug-likeness (QED) is 0.204. The van der Waals surface area contributed by atoms with Crippen LogP contribution in [0.25, 0.3) is 0 Å². The Bertz CT molecular complexity index is 1690. The Morgan fingerprint density at radius 1 is 0.778 bits per heavy atom. The molecule has 1 N–H and O–H groups in total. The topological polar surface area (TPSA) is 86.8 Å². The third kappa shape index (κ3) is 8.19. The molecule has 0 heterocycles. The third-order valence-corrected chi connectivity index (χ3v) is 10.1. The van der Waals surface area contributed by atoms with E-state index < -0.39 is 28.5 Å². The second-order valence-electron chi connectivity index (χ2n) is 11.9. The number of nitrogens with one attached hydrogen (secondary N) is 1. The van der Waals surface area contributed by atoms with Gasteiger partial charge in [-0.3, -0.25) is 13.9 Å². The molecule has 1 fully saturated rings. The van der Waals surface area contributed by atoms with Gasteiger partial charge in [0.05, 0.1) is 10.6 Å². The summed E-state index contributed by atoms with van der Waals surface area (Å²) in [7, 11) is -4.12. The van der Waals surface area contributed by atoms with Crippen LogP contribution in [0.2, 0.25) is 0 Å². The van der Waals surface area contributed by atoms with Crippen molar-refractivity contribution in [3.05, 3.63) is 131 Å². The van der Waals surface area contributed by atoms with Crippen molar-refractivity contribution < 1.29 is 18.0 Å². The summed E-state index contributed by atoms with van der Waals surface area (Å²) in [4.78, 5) is 30.3. The van der Waals surface area contributed by atoms with Gasteiger partial charge in [0.1, 0.15) is 12.6 Å². The second-order valence-corrected chi connectivity index (χ2v) is 13.7. The highest BCUT2D eigenvalue weighted by molar-refractivity contribution is 7.92. The van der Waals surface area contributed by atoms with E-state index in [0.717, 1.165) is 52.2 Å². The van der Waals surface area contributed by atoms with Crippen molar-refractivity contribution in [2.24, 2.45) is 0 Å². The minimum Gasteiger partial charge on any atom is -0.352 e. The predicted octanol–water partition coefficient (Wildman–Crippen LogP) is 6.20. The number of carbonyl (C=O) groups excluding carboxylic acids is 2. The van der Waals surface area contributed by atoms with E-state index in [1.54, 1.807) is 41.3 Å². The van der Waals surface area contributed by atoms with E-state index in [1.165, 1.54) is 12.1 Å². The average molecular weight is 624 g/mol. The molecule has 8 heteroatoms. The monoisotopic (exact) mass is 623 g/mol. The zero-order valence-electron chi connectivity index (χ0n) is 25.9. The van der Waals surface area contributed by atoms with Crippen LogP contribution in [0.5, 0.6) is 0 Å². The van der Waals surface area contributed by atoms with Crippen molar-refractivity contribution in [1.82, 2.24) is 10.2 Å². The molecule has 5 rings (SSSR count). The molecule has 1 atom stereocenters. The molecule has 0 saturated heterocycles. The zero-order valence-corrected chi connectivity index (χ0v) is 26.7. The predicted molar refractivity (Wildman–Crippen MR) is 178 cm³/mol. The molecule has 0 radical (unpaired) electrons. The normalized spacial score (nSPS) is 14.1. The van der Waals surface area contributed by atoms with Gasteiger partial charge in [-0.25, -0.2) is 8.42 Å². The number of benzene rings is 4. The van der Waals surface area contributed by atoms with Crippen molar-refractivity contribution in [3.63, 3.8) is 0 Å². The standard InChI is InChI=1S/C37H41N3O4S/c1-28-20-22-31(23-21-28)26-39(35(25-30-13-5-3-6-14-30)37(42)38-32-15-9-10-16-32)36(41)27-40(33-17-11-12-29(2)24-33)45(43,44)34-18-7-4-8-19-34/h3-8,11-14,17-24,32,35H,9-10,15-16,25-27H2,1-2H3,(H,38,42)/t35-/m1/s1. The van der Waals surface area contributed by atoms with Crippen LogP contribution in [-0.2, 0) is 32.6 Å². The van der Waals surface area contributed by atoms with Gasteiger partial charge in [-0.2, -0.15) is 0 Å². The van der Waals surface area contributed by atoms with Crippen LogP contribution in [0.4, 0.5) is 5.69 Å². The number of anilines is 1. The van der Waals surface area contributed by atoms with E-state index in [1.807, 2.05) is 74.5 Å². The molecule has 4 aromatic rings. The summed E-state index contributed by atoms with van der Waals surface area (Å²) in [5, 5.41) is 3.21. The number of aryl methyl sites for hydroxylation is 2. The molecule has 0 aromatic heterocycles. The van der Waals surface area contributed by atoms with Crippen LogP contribution in [-0.4, -0.2) is 43.8 Å². The molecule has 1 aliphatic rings. The first-order valence-electron chi connectivity index (χ1n) is 15.5. The van der Waals surface area contributed by atoms with Gasteiger partial charge in [0, 0.05) is 19.0 Å². The van der Waals surface area contributed by atoms with Crippen molar-refractivity contribution in [2.75, 3.05) is 10.8 Å². The van der Waals surface area contributed by atoms with E-state index in [-0.39, 0.29) is 23.4 Å². The summed E-state index contributed by atoms with van der Waals surface area (Å²) in [6.45, 7) is 3.57. The zero-order chi connectivity index (χ0) is 31.8. The molecular formula is C37H41N3O4S. The fourth-order valence-corrected chi connectivity index (χ4v) is 7.27. The highest BCUT2D eigenvalue weighted by Crippen LogP contribution is 2.26. The lowest BCUT2D eigenvalue weighted by Gasteiger charge is -2.34. The molecule has 0 aliphatic heterocycles. The number of amides is 2. The highest BCUT2D eigenvalue weighted by Gasteiger charge is 2.35. The molecule has 0 unspecified atom stereocenters. The Labute approximate surface area is 266 Å². The number of rotatable bonds is 12. The van der Waals surface area contributed by atoms with Crippen LogP contribution in [0.1, 0.15) is 47.9 Å². The number of nitrogens with zero attached hydrogens (tertiary/aromatic N) is 2. The number of hydrogen-bond donors (Lipinski definition) is 1. The van der Waals surface area contributed by atoms with Crippen LogP contribution in [0.15, 0.2) is 114 Å². The maximum absolute atomic E-state index is 14.6. The minimum atomic E-state index is -4.12. The lowest BCUT2D eigenvalue weighted by atomic mass is 10.0. The van der Waals surface area contributed by atoms with Crippen LogP contribution in [0, 0.1) is 13.8 Å². The minimum absolute atomic E-state index is 0.0642. The summed E-state index contributed by atoms with van der Waals surface area (Å²) in [5.41, 5.74) is 4.10. The fraction of sp³-hybridized carbons (Fsp3) is 0.297. The van der Waals surface area contributed by atoms with E-state index >= 15 is 0 Å². The first kappa shape index (κ1) is 32.0. The number of hydrogen-bond acceptors (Lipinski definition) is 4. The summed E-state index contributed by atoms with van der Waals surface area (Å²) in [6.07, 6.45) is 4.23. The molecule has 234 valence electrons. The molecule has 0 spiro atoms. The van der Waals surface area contributed by atoms with E-state index in [9.17, 15) is 18.0 Å². The molecule has 7 nitrogen and oxygen atoms in total. The van der Waals surface area contributed by atoms with Crippen molar-refractivity contribution in [3.8, 4) is 0 Å². The van der Waals surface area contributed by atoms with Gasteiger partial charge in [-0.1, -0.05) is 103 Å². The largest absolute Gasteiger partial charge is 0.352 e. The Balaban J connectivity index is 1.56. The van der Waals surface area contributed by atoms with Gasteiger partial charge >= 0.3 is 0 Å². The molecule has 0 bridgehead atoms. The first-order chi connectivity index (χ1) is 21.7. The van der Waals surface area contributed by atoms with E-state index in [4.69, 9.17) is 0 Å². The lowest BCUT2D eigenvalue weighted by Crippen LogP contribution is -2.54. The van der Waals surface area contributed by atoms with Gasteiger partial charge in [-0.05, 0) is 67.6 Å². The second kappa shape index (κ2) is 14.6. The summed E-state index contributed by atoms with van der Waals surface area (Å²) in [5.74, 6) is -0.682. The summed E-state index contributed by atoms with van der Waals surface area (Å²) >= 11 is 0. The molecule has 4 aromatic carbocycles. The van der Waals surface area contributed by atoms with E-state index in [0.29, 0.717) is 12.1 Å². The van der Waals surface area contributed by atoms with Crippen LogP contribution >= 0.6 is 0 Å². The fourth-order valence-electron chi connectivity index (χ4n) is 5.84. The van der Waals surface area contributed by atoms with Crippen LogP contribution in [0.3, 0.4) is 0 Å². The Morgan fingerprint density at radius 3 is 2.07 bits per heavy atom. The molecule has 45 heavy (non-hydrogen) atoms. The van der Waals surface area contributed by atoms with Gasteiger partial charge in [0.25, 0.3) is 10.0 Å². The molecule has 1 saturated carbocycles. The van der Waals surface area contributed by atoms with Crippen molar-refractivity contribution in [1.29, 1.82) is 0 Å². The highest BCUT2D eigenvalue weighted by atomic mass is 32.2. The Kier molecular flexibility index (Phi) is 10.4. The van der Waals surface area contributed by atoms with Gasteiger partial charge in [0.2, 0.25) is 11.8 Å². The Morgan fingerprint density at radius 2 is 1.42 bits per heavy atom. The lowest BCUT2D eigenvalue weighted by molar-refractivity contribution is -0.140. The third-order valence-electron chi connectivity index (χ3n) is 8.35. The smallest absolute Gasteiger partial charge is 0.264 e. The van der Waals surface area contributed by atoms with Crippen LogP contribution < -0.4 is 9.62 Å². The maximum Gasteiger partial charge on any atom is 0.264 e. The number of carbonyl (C=O) groups is 2. The first-order valence-corrected chi connectivity index (χ1v) is 17.0. The molecule has 2 amide bonds. The summed E-state index contributed by atoms with van der Waals surface area (Å²) in [6, 6.07) is 31.9. The van der Waals surface area contributed by atoms with Gasteiger partial charge in [0.15, 0.2) is 0 Å². The van der Waals surface area contributed by atoms with Gasteiger partial charge in [-0.15, -0.1) is 0 Å². The molecule has 1 aliphatic carbocycles. The van der Waals surface area contributed by atoms with E-state index in [2.05, 4.69) is 5.32 Å². The van der Waals surface area contributed by atoms with Crippen molar-refractivity contribution >= 4 is 27.5 Å². The molecular weight excluding hydrogens is 582 g/mol. The SMILES string of the molecule is Cc1ccc(CN(C(=O)CN(c2cccc(C)c2)S(=O)(=O)c2ccccc2)[C@H](Cc2ccccc2)C(=O)NC2CCCC2)cc1. The number of sulfonamides is 1. The average Bonchev–Trinajstić information content (AvgIpc) is 3.56. The maximum atomic E-state index is 14.6. The Hall–Kier alpha value is -4.43. The van der Waals surface area contributed by atoms with Gasteiger partial charge < -0.3 is 10.2 Å².